The van der Waals surface area contributed by atoms with E-state index in [4.69, 9.17) is 11.6 Å². The van der Waals surface area contributed by atoms with Crippen molar-refractivity contribution in [3.8, 4) is 0 Å². The van der Waals surface area contributed by atoms with Gasteiger partial charge in [-0.3, -0.25) is 0 Å². The summed E-state index contributed by atoms with van der Waals surface area (Å²) in [5, 5.41) is 3.79. The SMILES string of the molecule is CCN(CCl)N=O. The number of nitroso groups, excluding NO2 is 1. The van der Waals surface area contributed by atoms with Gasteiger partial charge in [-0.15, -0.1) is 16.5 Å². The molecule has 0 aliphatic rings. The fourth-order valence-corrected chi connectivity index (χ4v) is 0.377. The number of rotatable bonds is 3. The third kappa shape index (κ3) is 2.39. The third-order valence-electron chi connectivity index (χ3n) is 0.618. The van der Waals surface area contributed by atoms with E-state index in [1.165, 1.54) is 5.01 Å². The summed E-state index contributed by atoms with van der Waals surface area (Å²) in [6.07, 6.45) is 0. The minimum Gasteiger partial charge on any atom is -0.246 e. The zero-order valence-electron chi connectivity index (χ0n) is 4.09. The van der Waals surface area contributed by atoms with E-state index in [9.17, 15) is 4.91 Å². The first-order chi connectivity index (χ1) is 3.35. The summed E-state index contributed by atoms with van der Waals surface area (Å²) in [6.45, 7) is 2.39. The van der Waals surface area contributed by atoms with Crippen LogP contribution in [-0.2, 0) is 0 Å². The average Bonchev–Trinajstić information content (AvgIpc) is 1.72. The minimum absolute atomic E-state index is 0.181. The largest absolute Gasteiger partial charge is 0.246 e. The van der Waals surface area contributed by atoms with E-state index >= 15 is 0 Å². The van der Waals surface area contributed by atoms with Crippen molar-refractivity contribution >= 4 is 11.6 Å². The molecule has 3 nitrogen and oxygen atoms in total. The van der Waals surface area contributed by atoms with Crippen molar-refractivity contribution in [3.05, 3.63) is 4.91 Å². The molecule has 0 atom stereocenters. The lowest BCUT2D eigenvalue weighted by Crippen LogP contribution is -2.12. The highest BCUT2D eigenvalue weighted by Crippen LogP contribution is 1.87. The van der Waals surface area contributed by atoms with E-state index in [1.54, 1.807) is 0 Å². The van der Waals surface area contributed by atoms with Gasteiger partial charge in [0.25, 0.3) is 0 Å². The molecule has 7 heavy (non-hydrogen) atoms. The molecule has 0 saturated heterocycles. The lowest BCUT2D eigenvalue weighted by Gasteiger charge is -2.04. The van der Waals surface area contributed by atoms with E-state index in [2.05, 4.69) is 5.29 Å². The van der Waals surface area contributed by atoms with Gasteiger partial charge in [0, 0.05) is 6.54 Å². The van der Waals surface area contributed by atoms with Crippen LogP contribution in [-0.4, -0.2) is 17.6 Å². The second kappa shape index (κ2) is 3.87. The Hall–Kier alpha value is -0.310. The molecule has 0 rings (SSSR count). The molecule has 0 heterocycles. The molecule has 0 fully saturated rings. The first kappa shape index (κ1) is 6.69. The van der Waals surface area contributed by atoms with Crippen LogP contribution in [0.3, 0.4) is 0 Å². The van der Waals surface area contributed by atoms with Gasteiger partial charge >= 0.3 is 0 Å². The summed E-state index contributed by atoms with van der Waals surface area (Å²) in [4.78, 5) is 9.56. The summed E-state index contributed by atoms with van der Waals surface area (Å²) >= 11 is 5.20. The smallest absolute Gasteiger partial charge is 0.113 e. The summed E-state index contributed by atoms with van der Waals surface area (Å²) in [5.74, 6) is 0. The highest BCUT2D eigenvalue weighted by Gasteiger charge is 1.90. The lowest BCUT2D eigenvalue weighted by molar-refractivity contribution is 0.351. The van der Waals surface area contributed by atoms with Crippen LogP contribution in [0.4, 0.5) is 0 Å². The van der Waals surface area contributed by atoms with Gasteiger partial charge in [0.15, 0.2) is 0 Å². The monoisotopic (exact) mass is 122 g/mol. The van der Waals surface area contributed by atoms with Crippen LogP contribution in [0.1, 0.15) is 6.92 Å². The molecule has 0 aliphatic heterocycles. The minimum atomic E-state index is 0.181. The summed E-state index contributed by atoms with van der Waals surface area (Å²) < 4.78 is 0. The number of nitrogens with zero attached hydrogens (tertiary/aromatic N) is 2. The van der Waals surface area contributed by atoms with E-state index in [-0.39, 0.29) is 6.00 Å². The second-order valence-electron chi connectivity index (χ2n) is 1.02. The molecule has 0 aromatic rings. The first-order valence-electron chi connectivity index (χ1n) is 1.99. The van der Waals surface area contributed by atoms with Crippen molar-refractivity contribution in [2.24, 2.45) is 5.29 Å². The molecule has 4 heteroatoms. The average molecular weight is 123 g/mol. The Kier molecular flexibility index (Phi) is 3.69. The summed E-state index contributed by atoms with van der Waals surface area (Å²) in [5.41, 5.74) is 0. The summed E-state index contributed by atoms with van der Waals surface area (Å²) in [6, 6.07) is 0.181. The molecule has 0 unspecified atom stereocenters. The molecule has 0 aromatic carbocycles. The van der Waals surface area contributed by atoms with Crippen molar-refractivity contribution < 1.29 is 0 Å². The van der Waals surface area contributed by atoms with E-state index in [1.807, 2.05) is 6.92 Å². The van der Waals surface area contributed by atoms with E-state index < -0.39 is 0 Å². The molecule has 42 valence electrons. The number of alkyl halides is 1. The quantitative estimate of drug-likeness (QED) is 0.244. The zero-order chi connectivity index (χ0) is 5.70. The zero-order valence-corrected chi connectivity index (χ0v) is 4.85. The van der Waals surface area contributed by atoms with Crippen molar-refractivity contribution in [1.82, 2.24) is 5.01 Å². The van der Waals surface area contributed by atoms with Crippen LogP contribution in [0.15, 0.2) is 5.29 Å². The predicted octanol–water partition coefficient (Wildman–Crippen LogP) is 1.19. The molecule has 0 aliphatic carbocycles. The van der Waals surface area contributed by atoms with Crippen molar-refractivity contribution in [2.75, 3.05) is 12.5 Å². The third-order valence-corrected chi connectivity index (χ3v) is 0.894. The number of hydrogen-bond acceptors (Lipinski definition) is 2. The van der Waals surface area contributed by atoms with Crippen LogP contribution in [0, 0.1) is 4.91 Å². The molecule has 0 aromatic heterocycles. The van der Waals surface area contributed by atoms with Crippen LogP contribution in [0.2, 0.25) is 0 Å². The van der Waals surface area contributed by atoms with Gasteiger partial charge in [0.05, 0.1) is 5.29 Å². The Morgan fingerprint density at radius 2 is 2.43 bits per heavy atom. The molecule has 0 radical (unpaired) electrons. The molecular weight excluding hydrogens is 115 g/mol. The topological polar surface area (TPSA) is 32.7 Å². The fourth-order valence-electron chi connectivity index (χ4n) is 0.164. The summed E-state index contributed by atoms with van der Waals surface area (Å²) in [7, 11) is 0. The molecule has 0 saturated carbocycles. The van der Waals surface area contributed by atoms with Crippen molar-refractivity contribution in [2.45, 2.75) is 6.92 Å². The van der Waals surface area contributed by atoms with Crippen LogP contribution >= 0.6 is 11.6 Å². The maximum absolute atomic E-state index is 9.56. The molecule has 0 bridgehead atoms. The normalized spacial score (nSPS) is 8.29. The van der Waals surface area contributed by atoms with Gasteiger partial charge in [-0.25, -0.2) is 5.01 Å². The van der Waals surface area contributed by atoms with Crippen LogP contribution in [0.25, 0.3) is 0 Å². The number of hydrogen-bond donors (Lipinski definition) is 0. The second-order valence-corrected chi connectivity index (χ2v) is 1.26. The van der Waals surface area contributed by atoms with Crippen molar-refractivity contribution in [1.29, 1.82) is 0 Å². The number of halogens is 1. The maximum Gasteiger partial charge on any atom is 0.113 e. The highest BCUT2D eigenvalue weighted by molar-refractivity contribution is 6.17. The first-order valence-corrected chi connectivity index (χ1v) is 2.52. The van der Waals surface area contributed by atoms with E-state index in [0.717, 1.165) is 0 Å². The fraction of sp³-hybridized carbons (Fsp3) is 1.00. The molecular formula is C3H7ClN2O. The van der Waals surface area contributed by atoms with Crippen LogP contribution < -0.4 is 0 Å². The van der Waals surface area contributed by atoms with E-state index in [0.29, 0.717) is 6.54 Å². The highest BCUT2D eigenvalue weighted by atomic mass is 35.5. The standard InChI is InChI=1S/C3H7ClN2O/c1-2-6(3-4)5-7/h2-3H2,1H3. The van der Waals surface area contributed by atoms with Gasteiger partial charge < -0.3 is 0 Å². The Labute approximate surface area is 47.2 Å². The maximum atomic E-state index is 9.56. The Balaban J connectivity index is 3.16. The molecule has 0 N–H and O–H groups in total. The predicted molar refractivity (Wildman–Crippen MR) is 28.9 cm³/mol. The molecule has 0 amide bonds. The van der Waals surface area contributed by atoms with Gasteiger partial charge in [-0.05, 0) is 6.92 Å². The molecule has 0 spiro atoms. The Morgan fingerprint density at radius 3 is 2.43 bits per heavy atom. The van der Waals surface area contributed by atoms with Gasteiger partial charge in [0.2, 0.25) is 0 Å². The van der Waals surface area contributed by atoms with Gasteiger partial charge in [0.1, 0.15) is 6.00 Å². The Morgan fingerprint density at radius 1 is 1.86 bits per heavy atom. The lowest BCUT2D eigenvalue weighted by atomic mass is 10.7. The van der Waals surface area contributed by atoms with Gasteiger partial charge in [-0.2, -0.15) is 0 Å². The van der Waals surface area contributed by atoms with Crippen LogP contribution in [0.5, 0.6) is 0 Å². The van der Waals surface area contributed by atoms with Gasteiger partial charge in [-0.1, -0.05) is 0 Å². The van der Waals surface area contributed by atoms with Crippen molar-refractivity contribution in [3.63, 3.8) is 0 Å². The Bertz CT molecular complexity index is 54.9.